The molecule has 0 fully saturated rings. The number of aryl methyl sites for hydroxylation is 1. The number of nitro groups is 1. The van der Waals surface area contributed by atoms with Gasteiger partial charge < -0.3 is 14.5 Å². The number of esters is 1. The minimum atomic E-state index is -0.766. The van der Waals surface area contributed by atoms with Crippen molar-refractivity contribution in [3.05, 3.63) is 51.7 Å². The number of ether oxygens (including phenoxy) is 1. The van der Waals surface area contributed by atoms with Crippen LogP contribution in [0, 0.1) is 17.0 Å². The number of nitrogens with one attached hydrogen (secondary N) is 1. The molecule has 0 amide bonds. The van der Waals surface area contributed by atoms with Crippen molar-refractivity contribution in [3.63, 3.8) is 0 Å². The SMILES string of the molecule is COC(=O)c1cc(NCc2ncc(C)o2)ccc1[N+](=O)[O-]. The quantitative estimate of drug-likeness (QED) is 0.511. The second-order valence-electron chi connectivity index (χ2n) is 4.20. The fraction of sp³-hybridized carbons (Fsp3) is 0.231. The molecule has 1 aromatic heterocycles. The summed E-state index contributed by atoms with van der Waals surface area (Å²) in [5, 5.41) is 13.9. The summed E-state index contributed by atoms with van der Waals surface area (Å²) < 4.78 is 9.84. The highest BCUT2D eigenvalue weighted by atomic mass is 16.6. The molecule has 0 aliphatic heterocycles. The van der Waals surface area contributed by atoms with Gasteiger partial charge in [0.1, 0.15) is 11.3 Å². The lowest BCUT2D eigenvalue weighted by atomic mass is 10.1. The minimum Gasteiger partial charge on any atom is -0.465 e. The van der Waals surface area contributed by atoms with Crippen molar-refractivity contribution in [1.82, 2.24) is 4.98 Å². The summed E-state index contributed by atoms with van der Waals surface area (Å²) in [7, 11) is 1.17. The number of methoxy groups -OCH3 is 1. The van der Waals surface area contributed by atoms with Crippen molar-refractivity contribution in [1.29, 1.82) is 0 Å². The molecule has 0 unspecified atom stereocenters. The molecule has 1 heterocycles. The van der Waals surface area contributed by atoms with Crippen LogP contribution in [-0.2, 0) is 11.3 Å². The molecule has 0 saturated carbocycles. The molecule has 0 atom stereocenters. The molecule has 8 heteroatoms. The van der Waals surface area contributed by atoms with Crippen molar-refractivity contribution in [3.8, 4) is 0 Å². The number of carbonyl (C=O) groups is 1. The number of hydrogen-bond acceptors (Lipinski definition) is 7. The summed E-state index contributed by atoms with van der Waals surface area (Å²) in [6.45, 7) is 2.07. The summed E-state index contributed by atoms with van der Waals surface area (Å²) in [5.41, 5.74) is 0.104. The van der Waals surface area contributed by atoms with E-state index in [-0.39, 0.29) is 11.3 Å². The molecule has 0 bridgehead atoms. The van der Waals surface area contributed by atoms with Gasteiger partial charge in [-0.15, -0.1) is 0 Å². The van der Waals surface area contributed by atoms with Crippen LogP contribution in [0.25, 0.3) is 0 Å². The fourth-order valence-corrected chi connectivity index (χ4v) is 1.74. The van der Waals surface area contributed by atoms with Crippen LogP contribution in [0.5, 0.6) is 0 Å². The molecule has 1 aromatic carbocycles. The van der Waals surface area contributed by atoms with Crippen molar-refractivity contribution < 1.29 is 18.9 Å². The number of benzene rings is 1. The van der Waals surface area contributed by atoms with E-state index in [1.54, 1.807) is 13.1 Å². The van der Waals surface area contributed by atoms with Crippen molar-refractivity contribution >= 4 is 17.3 Å². The number of nitro benzene ring substituents is 1. The van der Waals surface area contributed by atoms with E-state index in [1.807, 2.05) is 0 Å². The van der Waals surface area contributed by atoms with Crippen LogP contribution in [0.3, 0.4) is 0 Å². The van der Waals surface area contributed by atoms with Crippen LogP contribution < -0.4 is 5.32 Å². The van der Waals surface area contributed by atoms with E-state index < -0.39 is 10.9 Å². The van der Waals surface area contributed by atoms with Gasteiger partial charge in [0, 0.05) is 11.8 Å². The first-order chi connectivity index (χ1) is 10.0. The second kappa shape index (κ2) is 6.04. The van der Waals surface area contributed by atoms with Crippen LogP contribution in [0.2, 0.25) is 0 Å². The van der Waals surface area contributed by atoms with E-state index in [4.69, 9.17) is 4.42 Å². The fourth-order valence-electron chi connectivity index (χ4n) is 1.74. The van der Waals surface area contributed by atoms with Crippen LogP contribution >= 0.6 is 0 Å². The molecular weight excluding hydrogens is 278 g/mol. The Morgan fingerprint density at radius 1 is 1.52 bits per heavy atom. The third-order valence-electron chi connectivity index (χ3n) is 2.71. The zero-order valence-electron chi connectivity index (χ0n) is 11.5. The molecule has 0 radical (unpaired) electrons. The molecule has 8 nitrogen and oxygen atoms in total. The molecule has 0 spiro atoms. The van der Waals surface area contributed by atoms with Gasteiger partial charge in [-0.2, -0.15) is 0 Å². The Hall–Kier alpha value is -2.90. The maximum Gasteiger partial charge on any atom is 0.344 e. The third-order valence-corrected chi connectivity index (χ3v) is 2.71. The number of rotatable bonds is 5. The maximum atomic E-state index is 11.6. The van der Waals surface area contributed by atoms with Gasteiger partial charge in [-0.25, -0.2) is 9.78 Å². The maximum absolute atomic E-state index is 11.6. The third kappa shape index (κ3) is 3.35. The first-order valence-electron chi connectivity index (χ1n) is 6.03. The number of anilines is 1. The first-order valence-corrected chi connectivity index (χ1v) is 6.03. The zero-order valence-corrected chi connectivity index (χ0v) is 11.5. The van der Waals surface area contributed by atoms with E-state index >= 15 is 0 Å². The Labute approximate surface area is 119 Å². The molecule has 0 aliphatic carbocycles. The topological polar surface area (TPSA) is 108 Å². The number of hydrogen-bond donors (Lipinski definition) is 1. The molecule has 0 aliphatic rings. The Morgan fingerprint density at radius 2 is 2.29 bits per heavy atom. The predicted molar refractivity (Wildman–Crippen MR) is 73.0 cm³/mol. The monoisotopic (exact) mass is 291 g/mol. The summed E-state index contributed by atoms with van der Waals surface area (Å²) in [5.74, 6) is 0.397. The van der Waals surface area contributed by atoms with Gasteiger partial charge in [-0.3, -0.25) is 10.1 Å². The Balaban J connectivity index is 2.20. The zero-order chi connectivity index (χ0) is 15.4. The Bertz CT molecular complexity index is 680. The molecule has 110 valence electrons. The lowest BCUT2D eigenvalue weighted by Gasteiger charge is -2.06. The van der Waals surface area contributed by atoms with Crippen molar-refractivity contribution in [2.75, 3.05) is 12.4 Å². The summed E-state index contributed by atoms with van der Waals surface area (Å²) in [4.78, 5) is 25.9. The van der Waals surface area contributed by atoms with E-state index in [2.05, 4.69) is 15.0 Å². The number of oxazole rings is 1. The molecule has 21 heavy (non-hydrogen) atoms. The van der Waals surface area contributed by atoms with E-state index in [9.17, 15) is 14.9 Å². The van der Waals surface area contributed by atoms with Crippen molar-refractivity contribution in [2.24, 2.45) is 0 Å². The van der Waals surface area contributed by atoms with Gasteiger partial charge in [-0.05, 0) is 19.1 Å². The number of carbonyl (C=O) groups excluding carboxylic acids is 1. The van der Waals surface area contributed by atoms with Crippen LogP contribution in [0.15, 0.2) is 28.8 Å². The second-order valence-corrected chi connectivity index (χ2v) is 4.20. The van der Waals surface area contributed by atoms with Gasteiger partial charge in [0.05, 0.1) is 24.8 Å². The minimum absolute atomic E-state index is 0.115. The molecule has 1 N–H and O–H groups in total. The van der Waals surface area contributed by atoms with Gasteiger partial charge in [0.2, 0.25) is 5.89 Å². The largest absolute Gasteiger partial charge is 0.465 e. The highest BCUT2D eigenvalue weighted by Crippen LogP contribution is 2.23. The van der Waals surface area contributed by atoms with Crippen LogP contribution in [0.1, 0.15) is 22.0 Å². The van der Waals surface area contributed by atoms with Crippen molar-refractivity contribution in [2.45, 2.75) is 13.5 Å². The Morgan fingerprint density at radius 3 is 2.86 bits per heavy atom. The normalized spacial score (nSPS) is 10.2. The average Bonchev–Trinajstić information content (AvgIpc) is 2.89. The highest BCUT2D eigenvalue weighted by molar-refractivity contribution is 5.95. The first kappa shape index (κ1) is 14.5. The lowest BCUT2D eigenvalue weighted by Crippen LogP contribution is -2.07. The molecule has 2 rings (SSSR count). The van der Waals surface area contributed by atoms with Gasteiger partial charge >= 0.3 is 5.97 Å². The van der Waals surface area contributed by atoms with E-state index in [0.717, 1.165) is 0 Å². The molecule has 0 saturated heterocycles. The number of aromatic nitrogens is 1. The number of nitrogens with zero attached hydrogens (tertiary/aromatic N) is 2. The van der Waals surface area contributed by atoms with Gasteiger partial charge in [-0.1, -0.05) is 0 Å². The highest BCUT2D eigenvalue weighted by Gasteiger charge is 2.21. The van der Waals surface area contributed by atoms with Crippen LogP contribution in [0.4, 0.5) is 11.4 Å². The van der Waals surface area contributed by atoms with Gasteiger partial charge in [0.15, 0.2) is 0 Å². The van der Waals surface area contributed by atoms with E-state index in [1.165, 1.54) is 25.3 Å². The summed E-state index contributed by atoms with van der Waals surface area (Å²) >= 11 is 0. The summed E-state index contributed by atoms with van der Waals surface area (Å²) in [6, 6.07) is 4.11. The van der Waals surface area contributed by atoms with E-state index in [0.29, 0.717) is 23.9 Å². The lowest BCUT2D eigenvalue weighted by molar-refractivity contribution is -0.385. The standard InChI is InChI=1S/C13H13N3O5/c1-8-6-15-12(21-8)7-14-9-3-4-11(16(18)19)10(5-9)13(17)20-2/h3-6,14H,7H2,1-2H3. The average molecular weight is 291 g/mol. The van der Waals surface area contributed by atoms with Gasteiger partial charge in [0.25, 0.3) is 5.69 Å². The molecule has 2 aromatic rings. The smallest absolute Gasteiger partial charge is 0.344 e. The van der Waals surface area contributed by atoms with Crippen LogP contribution in [-0.4, -0.2) is 23.0 Å². The predicted octanol–water partition coefficient (Wildman–Crippen LogP) is 2.29. The summed E-state index contributed by atoms with van der Waals surface area (Å²) in [6.07, 6.45) is 1.59. The Kier molecular flexibility index (Phi) is 4.17. The molecular formula is C13H13N3O5.